The van der Waals surface area contributed by atoms with Gasteiger partial charge >= 0.3 is 0 Å². The molecule has 2 N–H and O–H groups in total. The van der Waals surface area contributed by atoms with Gasteiger partial charge in [-0.1, -0.05) is 54.6 Å². The molecule has 0 heterocycles. The Balaban J connectivity index is 1.78. The molecular weight excluding hydrogens is 372 g/mol. The largest absolute Gasteiger partial charge is 0.378 e. The molecule has 2 rings (SSSR count). The number of amidine groups is 1. The maximum atomic E-state index is 10.3. The van der Waals surface area contributed by atoms with Gasteiger partial charge in [0.15, 0.2) is 5.17 Å². The van der Waals surface area contributed by atoms with Gasteiger partial charge in [0.1, 0.15) is 0 Å². The van der Waals surface area contributed by atoms with Crippen LogP contribution in [0.4, 0.5) is 0 Å². The van der Waals surface area contributed by atoms with Crippen molar-refractivity contribution in [3.05, 3.63) is 64.7 Å². The van der Waals surface area contributed by atoms with E-state index in [-0.39, 0.29) is 5.25 Å². The molecule has 132 valence electrons. The zero-order chi connectivity index (χ0) is 18.1. The molecule has 0 aliphatic rings. The summed E-state index contributed by atoms with van der Waals surface area (Å²) in [4.78, 5) is 15.1. The normalized spacial score (nSPS) is 12.8. The third-order valence-corrected chi connectivity index (χ3v) is 5.70. The molecule has 1 amide bonds. The number of aliphatic imine (C=N–C) groups is 1. The van der Waals surface area contributed by atoms with Crippen LogP contribution in [0.3, 0.4) is 0 Å². The van der Waals surface area contributed by atoms with Crippen molar-refractivity contribution in [1.29, 1.82) is 0 Å². The quantitative estimate of drug-likeness (QED) is 0.303. The lowest BCUT2D eigenvalue weighted by atomic mass is 10.1. The average Bonchev–Trinajstić information content (AvgIpc) is 2.58. The number of benzene rings is 2. The monoisotopic (exact) mass is 392 g/mol. The summed E-state index contributed by atoms with van der Waals surface area (Å²) < 4.78 is 0. The lowest BCUT2D eigenvalue weighted by Crippen LogP contribution is -2.13. The fourth-order valence-electron chi connectivity index (χ4n) is 2.32. The highest BCUT2D eigenvalue weighted by atomic mass is 35.5. The Bertz CT molecular complexity index is 702. The summed E-state index contributed by atoms with van der Waals surface area (Å²) in [5, 5.41) is 1.36. The number of carbonyl (C=O) groups excluding carboxylic acids is 1. The van der Waals surface area contributed by atoms with E-state index in [1.165, 1.54) is 27.8 Å². The van der Waals surface area contributed by atoms with Crippen molar-refractivity contribution in [1.82, 2.24) is 0 Å². The van der Waals surface area contributed by atoms with Crippen molar-refractivity contribution in [2.24, 2.45) is 10.7 Å². The fourth-order valence-corrected chi connectivity index (χ4v) is 4.14. The van der Waals surface area contributed by atoms with Crippen molar-refractivity contribution in [3.63, 3.8) is 0 Å². The van der Waals surface area contributed by atoms with Crippen LogP contribution in [0.5, 0.6) is 0 Å². The van der Waals surface area contributed by atoms with Gasteiger partial charge in [-0.2, -0.15) is 4.99 Å². The Labute approximate surface area is 162 Å². The van der Waals surface area contributed by atoms with E-state index in [0.717, 1.165) is 23.6 Å². The van der Waals surface area contributed by atoms with Gasteiger partial charge < -0.3 is 5.73 Å². The van der Waals surface area contributed by atoms with Gasteiger partial charge in [0.25, 0.3) is 0 Å². The number of thioether (sulfide) groups is 2. The molecule has 0 fully saturated rings. The molecule has 0 aliphatic carbocycles. The second-order valence-electron chi connectivity index (χ2n) is 5.57. The summed E-state index contributed by atoms with van der Waals surface area (Å²) >= 11 is 9.17. The molecule has 1 atom stereocenters. The van der Waals surface area contributed by atoms with Gasteiger partial charge in [-0.25, -0.2) is 0 Å². The number of hydrogen-bond donors (Lipinski definition) is 1. The van der Waals surface area contributed by atoms with Gasteiger partial charge in [0.2, 0.25) is 6.41 Å². The molecule has 0 spiro atoms. The molecule has 1 unspecified atom stereocenters. The predicted octanol–water partition coefficient (Wildman–Crippen LogP) is 4.81. The first kappa shape index (κ1) is 19.9. The molecule has 0 radical (unpaired) electrons. The molecule has 2 aromatic rings. The Kier molecular flexibility index (Phi) is 8.38. The van der Waals surface area contributed by atoms with Crippen LogP contribution in [-0.4, -0.2) is 22.6 Å². The van der Waals surface area contributed by atoms with E-state index in [0.29, 0.717) is 11.6 Å². The number of nitrogens with two attached hydrogens (primary N) is 1. The second kappa shape index (κ2) is 10.5. The molecule has 3 nitrogen and oxygen atoms in total. The highest BCUT2D eigenvalue weighted by Crippen LogP contribution is 2.22. The molecule has 6 heteroatoms. The maximum absolute atomic E-state index is 10.3. The molecule has 0 saturated heterocycles. The van der Waals surface area contributed by atoms with Crippen LogP contribution in [0.25, 0.3) is 0 Å². The minimum Gasteiger partial charge on any atom is -0.378 e. The van der Waals surface area contributed by atoms with Gasteiger partial charge in [0.05, 0.1) is 0 Å². The molecule has 0 aromatic heterocycles. The smallest absolute Gasteiger partial charge is 0.235 e. The molecule has 0 aliphatic heterocycles. The Morgan fingerprint density at radius 1 is 1.16 bits per heavy atom. The Morgan fingerprint density at radius 3 is 2.44 bits per heavy atom. The first-order chi connectivity index (χ1) is 12.1. The first-order valence-electron chi connectivity index (χ1n) is 7.96. The van der Waals surface area contributed by atoms with E-state index in [9.17, 15) is 4.79 Å². The highest BCUT2D eigenvalue weighted by Gasteiger charge is 2.07. The summed E-state index contributed by atoms with van der Waals surface area (Å²) in [6, 6.07) is 16.6. The molecule has 0 bridgehead atoms. The SMILES string of the molecule is CC(Cc1ccc(SCCc2ccc(Cl)cc2)cc1)SC(N)=NC=O. The summed E-state index contributed by atoms with van der Waals surface area (Å²) in [6.07, 6.45) is 2.38. The fraction of sp³-hybridized carbons (Fsp3) is 0.263. The summed E-state index contributed by atoms with van der Waals surface area (Å²) in [5.41, 5.74) is 8.20. The summed E-state index contributed by atoms with van der Waals surface area (Å²) in [7, 11) is 0. The first-order valence-corrected chi connectivity index (χ1v) is 10.2. The van der Waals surface area contributed by atoms with E-state index >= 15 is 0 Å². The van der Waals surface area contributed by atoms with Crippen LogP contribution < -0.4 is 5.73 Å². The summed E-state index contributed by atoms with van der Waals surface area (Å²) in [5.74, 6) is 1.03. The molecular formula is C19H21ClN2OS2. The highest BCUT2D eigenvalue weighted by molar-refractivity contribution is 8.14. The lowest BCUT2D eigenvalue weighted by molar-refractivity contribution is -0.106. The minimum absolute atomic E-state index is 0.270. The molecule has 25 heavy (non-hydrogen) atoms. The van der Waals surface area contributed by atoms with Crippen LogP contribution in [0.1, 0.15) is 18.1 Å². The second-order valence-corrected chi connectivity index (χ2v) is 8.64. The number of halogens is 1. The van der Waals surface area contributed by atoms with Crippen molar-refractivity contribution in [2.75, 3.05) is 5.75 Å². The zero-order valence-corrected chi connectivity index (χ0v) is 16.4. The van der Waals surface area contributed by atoms with Crippen molar-refractivity contribution < 1.29 is 4.79 Å². The van der Waals surface area contributed by atoms with Crippen LogP contribution in [0, 0.1) is 0 Å². The number of hydrogen-bond acceptors (Lipinski definition) is 3. The van der Waals surface area contributed by atoms with E-state index in [1.54, 1.807) is 0 Å². The van der Waals surface area contributed by atoms with E-state index < -0.39 is 0 Å². The Morgan fingerprint density at radius 2 is 1.80 bits per heavy atom. The van der Waals surface area contributed by atoms with E-state index in [2.05, 4.69) is 48.3 Å². The third kappa shape index (κ3) is 7.55. The van der Waals surface area contributed by atoms with Gasteiger partial charge in [0, 0.05) is 20.9 Å². The van der Waals surface area contributed by atoms with Crippen LogP contribution in [0.2, 0.25) is 5.02 Å². The van der Waals surface area contributed by atoms with E-state index in [4.69, 9.17) is 17.3 Å². The van der Waals surface area contributed by atoms with Crippen molar-refractivity contribution in [3.8, 4) is 0 Å². The van der Waals surface area contributed by atoms with Crippen molar-refractivity contribution in [2.45, 2.75) is 29.9 Å². The number of aryl methyl sites for hydroxylation is 1. The number of nitrogens with zero attached hydrogens (tertiary/aromatic N) is 1. The summed E-state index contributed by atoms with van der Waals surface area (Å²) in [6.45, 7) is 2.08. The van der Waals surface area contributed by atoms with Crippen molar-refractivity contribution >= 4 is 46.7 Å². The van der Waals surface area contributed by atoms with Crippen LogP contribution >= 0.6 is 35.1 Å². The molecule has 2 aromatic carbocycles. The van der Waals surface area contributed by atoms with Crippen LogP contribution in [0.15, 0.2) is 58.4 Å². The number of carbonyl (C=O) groups is 1. The standard InChI is InChI=1S/C19H21ClN2OS2/c1-14(25-19(21)22-13-23)12-16-4-8-18(9-5-16)24-11-10-15-2-6-17(20)7-3-15/h2-9,13-14H,10-12H2,1H3,(H2,21,22,23). The topological polar surface area (TPSA) is 55.4 Å². The molecule has 0 saturated carbocycles. The maximum Gasteiger partial charge on any atom is 0.235 e. The van der Waals surface area contributed by atoms with Gasteiger partial charge in [-0.3, -0.25) is 4.79 Å². The average molecular weight is 393 g/mol. The Hall–Kier alpha value is -1.43. The van der Waals surface area contributed by atoms with Crippen LogP contribution in [-0.2, 0) is 17.6 Å². The zero-order valence-electron chi connectivity index (χ0n) is 14.0. The third-order valence-electron chi connectivity index (χ3n) is 3.52. The van der Waals surface area contributed by atoms with E-state index in [1.807, 2.05) is 23.9 Å². The predicted molar refractivity (Wildman–Crippen MR) is 111 cm³/mol. The van der Waals surface area contributed by atoms with Gasteiger partial charge in [-0.15, -0.1) is 11.8 Å². The minimum atomic E-state index is 0.270. The lowest BCUT2D eigenvalue weighted by Gasteiger charge is -2.10. The van der Waals surface area contributed by atoms with Gasteiger partial charge in [-0.05, 0) is 48.2 Å². The number of rotatable bonds is 8. The number of amides is 1.